The molecule has 1 aliphatic rings. The van der Waals surface area contributed by atoms with E-state index in [1.54, 1.807) is 0 Å². The summed E-state index contributed by atoms with van der Waals surface area (Å²) in [7, 11) is 4.21. The number of hydrogen-bond acceptors (Lipinski definition) is 3. The summed E-state index contributed by atoms with van der Waals surface area (Å²) in [6.45, 7) is 4.82. The number of hydrogen-bond donors (Lipinski definition) is 2. The number of amides is 1. The van der Waals surface area contributed by atoms with Gasteiger partial charge in [-0.1, -0.05) is 33.1 Å². The molecule has 0 aromatic carbocycles. The highest BCUT2D eigenvalue weighted by Crippen LogP contribution is 2.33. The summed E-state index contributed by atoms with van der Waals surface area (Å²) >= 11 is 0. The van der Waals surface area contributed by atoms with Crippen LogP contribution in [0.5, 0.6) is 0 Å². The van der Waals surface area contributed by atoms with Crippen molar-refractivity contribution in [1.82, 2.24) is 10.2 Å². The van der Waals surface area contributed by atoms with Gasteiger partial charge in [-0.05, 0) is 32.9 Å². The summed E-state index contributed by atoms with van der Waals surface area (Å²) in [6.07, 6.45) is 5.78. The minimum absolute atomic E-state index is 0.00234. The average Bonchev–Trinajstić information content (AvgIpc) is 2.84. The molecule has 1 aliphatic carbocycles. The fourth-order valence-electron chi connectivity index (χ4n) is 2.70. The fraction of sp³-hybridized carbons (Fsp3) is 0.929. The largest absolute Gasteiger partial charge is 0.353 e. The predicted octanol–water partition coefficient (Wildman–Crippen LogP) is 1.35. The van der Waals surface area contributed by atoms with E-state index < -0.39 is 0 Å². The van der Waals surface area contributed by atoms with Gasteiger partial charge in [-0.2, -0.15) is 0 Å². The molecule has 1 saturated carbocycles. The molecule has 1 rings (SSSR count). The van der Waals surface area contributed by atoms with Gasteiger partial charge in [-0.3, -0.25) is 4.79 Å². The first-order valence-electron chi connectivity index (χ1n) is 7.13. The van der Waals surface area contributed by atoms with E-state index >= 15 is 0 Å². The Morgan fingerprint density at radius 1 is 1.39 bits per heavy atom. The topological polar surface area (TPSA) is 58.4 Å². The molecular formula is C14H29N3O. The van der Waals surface area contributed by atoms with Crippen molar-refractivity contribution in [2.45, 2.75) is 57.5 Å². The molecule has 0 bridgehead atoms. The lowest BCUT2D eigenvalue weighted by molar-refractivity contribution is -0.124. The fourth-order valence-corrected chi connectivity index (χ4v) is 2.70. The monoisotopic (exact) mass is 255 g/mol. The molecule has 4 nitrogen and oxygen atoms in total. The highest BCUT2D eigenvalue weighted by atomic mass is 16.2. The van der Waals surface area contributed by atoms with Crippen LogP contribution in [-0.4, -0.2) is 43.0 Å². The van der Waals surface area contributed by atoms with Crippen LogP contribution in [0.15, 0.2) is 0 Å². The maximum absolute atomic E-state index is 12.0. The lowest BCUT2D eigenvalue weighted by Crippen LogP contribution is -2.54. The van der Waals surface area contributed by atoms with Gasteiger partial charge >= 0.3 is 0 Å². The van der Waals surface area contributed by atoms with Crippen LogP contribution in [0, 0.1) is 5.92 Å². The van der Waals surface area contributed by atoms with Crippen molar-refractivity contribution in [3.05, 3.63) is 0 Å². The quantitative estimate of drug-likeness (QED) is 0.753. The molecule has 1 fully saturated rings. The van der Waals surface area contributed by atoms with Gasteiger partial charge in [0.1, 0.15) is 0 Å². The predicted molar refractivity (Wildman–Crippen MR) is 75.3 cm³/mol. The van der Waals surface area contributed by atoms with E-state index in [0.717, 1.165) is 13.0 Å². The zero-order valence-corrected chi connectivity index (χ0v) is 12.3. The third-order valence-electron chi connectivity index (χ3n) is 4.63. The third kappa shape index (κ3) is 3.45. The highest BCUT2D eigenvalue weighted by molar-refractivity contribution is 5.81. The molecule has 1 amide bonds. The van der Waals surface area contributed by atoms with E-state index in [0.29, 0.717) is 0 Å². The summed E-state index contributed by atoms with van der Waals surface area (Å²) in [4.78, 5) is 14.3. The van der Waals surface area contributed by atoms with Gasteiger partial charge in [0.15, 0.2) is 0 Å². The number of nitrogens with two attached hydrogens (primary N) is 1. The molecule has 0 unspecified atom stereocenters. The van der Waals surface area contributed by atoms with Gasteiger partial charge in [0, 0.05) is 12.1 Å². The normalized spacial score (nSPS) is 21.9. The minimum atomic E-state index is -0.379. The van der Waals surface area contributed by atoms with E-state index in [4.69, 9.17) is 5.73 Å². The second kappa shape index (κ2) is 6.53. The van der Waals surface area contributed by atoms with Gasteiger partial charge < -0.3 is 16.0 Å². The van der Waals surface area contributed by atoms with Crippen molar-refractivity contribution < 1.29 is 4.79 Å². The van der Waals surface area contributed by atoms with Crippen molar-refractivity contribution in [3.63, 3.8) is 0 Å². The van der Waals surface area contributed by atoms with Gasteiger partial charge in [0.2, 0.25) is 5.91 Å². The van der Waals surface area contributed by atoms with E-state index in [2.05, 4.69) is 31.2 Å². The number of nitrogens with one attached hydrogen (secondary N) is 1. The molecule has 4 heteroatoms. The summed E-state index contributed by atoms with van der Waals surface area (Å²) in [5.74, 6) is 0.237. The standard InChI is InChI=1S/C14H29N3O/c1-5-11(2)12(15)13(18)16-10-14(17(3)4)8-6-7-9-14/h11-12H,5-10,15H2,1-4H3,(H,16,18)/t11-,12-/m0/s1. The number of carbonyl (C=O) groups is 1. The van der Waals surface area contributed by atoms with E-state index in [1.807, 2.05) is 6.92 Å². The minimum Gasteiger partial charge on any atom is -0.353 e. The lowest BCUT2D eigenvalue weighted by Gasteiger charge is -2.37. The van der Waals surface area contributed by atoms with Crippen LogP contribution in [0.4, 0.5) is 0 Å². The Hall–Kier alpha value is -0.610. The van der Waals surface area contributed by atoms with Gasteiger partial charge in [-0.15, -0.1) is 0 Å². The van der Waals surface area contributed by atoms with E-state index in [1.165, 1.54) is 25.7 Å². The Morgan fingerprint density at radius 3 is 2.39 bits per heavy atom. The molecule has 0 aromatic heterocycles. The van der Waals surface area contributed by atoms with Crippen molar-refractivity contribution in [1.29, 1.82) is 0 Å². The molecule has 0 radical (unpaired) electrons. The number of nitrogens with zero attached hydrogens (tertiary/aromatic N) is 1. The van der Waals surface area contributed by atoms with Crippen LogP contribution < -0.4 is 11.1 Å². The molecule has 2 atom stereocenters. The SMILES string of the molecule is CC[C@H](C)[C@H](N)C(=O)NCC1(N(C)C)CCCC1. The Labute approximate surface area is 111 Å². The van der Waals surface area contributed by atoms with E-state index in [9.17, 15) is 4.79 Å². The molecule has 0 spiro atoms. The maximum atomic E-state index is 12.0. The van der Waals surface area contributed by atoms with Crippen LogP contribution in [0.25, 0.3) is 0 Å². The van der Waals surface area contributed by atoms with Crippen molar-refractivity contribution in [2.24, 2.45) is 11.7 Å². The molecule has 18 heavy (non-hydrogen) atoms. The first-order chi connectivity index (χ1) is 8.43. The van der Waals surface area contributed by atoms with Crippen LogP contribution in [0.1, 0.15) is 46.0 Å². The summed E-state index contributed by atoms with van der Waals surface area (Å²) in [5, 5.41) is 3.06. The molecule has 106 valence electrons. The summed E-state index contributed by atoms with van der Waals surface area (Å²) < 4.78 is 0. The molecule has 0 aromatic rings. The third-order valence-corrected chi connectivity index (χ3v) is 4.63. The smallest absolute Gasteiger partial charge is 0.237 e. The van der Waals surface area contributed by atoms with E-state index in [-0.39, 0.29) is 23.4 Å². The van der Waals surface area contributed by atoms with Gasteiger partial charge in [-0.25, -0.2) is 0 Å². The highest BCUT2D eigenvalue weighted by Gasteiger charge is 2.36. The lowest BCUT2D eigenvalue weighted by atomic mass is 9.95. The van der Waals surface area contributed by atoms with Crippen LogP contribution >= 0.6 is 0 Å². The zero-order chi connectivity index (χ0) is 13.8. The molecule has 3 N–H and O–H groups in total. The zero-order valence-electron chi connectivity index (χ0n) is 12.3. The summed E-state index contributed by atoms with van der Waals surface area (Å²) in [6, 6.07) is -0.379. The number of carbonyl (C=O) groups excluding carboxylic acids is 1. The number of likely N-dealkylation sites (N-methyl/N-ethyl adjacent to an activating group) is 1. The molecular weight excluding hydrogens is 226 g/mol. The van der Waals surface area contributed by atoms with Crippen molar-refractivity contribution >= 4 is 5.91 Å². The molecule has 0 aliphatic heterocycles. The Morgan fingerprint density at radius 2 is 1.94 bits per heavy atom. The van der Waals surface area contributed by atoms with Crippen LogP contribution in [-0.2, 0) is 4.79 Å². The summed E-state index contributed by atoms with van der Waals surface area (Å²) in [5.41, 5.74) is 6.09. The van der Waals surface area contributed by atoms with Crippen molar-refractivity contribution in [3.8, 4) is 0 Å². The Kier molecular flexibility index (Phi) is 5.60. The van der Waals surface area contributed by atoms with Gasteiger partial charge in [0.05, 0.1) is 6.04 Å². The van der Waals surface area contributed by atoms with Crippen molar-refractivity contribution in [2.75, 3.05) is 20.6 Å². The molecule has 0 heterocycles. The second-order valence-electron chi connectivity index (χ2n) is 5.95. The van der Waals surface area contributed by atoms with Crippen LogP contribution in [0.2, 0.25) is 0 Å². The first kappa shape index (κ1) is 15.4. The number of rotatable bonds is 6. The first-order valence-corrected chi connectivity index (χ1v) is 7.13. The maximum Gasteiger partial charge on any atom is 0.237 e. The van der Waals surface area contributed by atoms with Crippen LogP contribution in [0.3, 0.4) is 0 Å². The molecule has 0 saturated heterocycles. The Bertz CT molecular complexity index is 272. The second-order valence-corrected chi connectivity index (χ2v) is 5.95. The van der Waals surface area contributed by atoms with Gasteiger partial charge in [0.25, 0.3) is 0 Å². The average molecular weight is 255 g/mol. The Balaban J connectivity index is 2.50.